The van der Waals surface area contributed by atoms with Crippen molar-refractivity contribution >= 4 is 34.8 Å². The summed E-state index contributed by atoms with van der Waals surface area (Å²) in [5.41, 5.74) is 0. The third-order valence-electron chi connectivity index (χ3n) is 0.965. The van der Waals surface area contributed by atoms with Crippen LogP contribution in [-0.2, 0) is 9.59 Å². The lowest BCUT2D eigenvalue weighted by Crippen LogP contribution is -2.27. The monoisotopic (exact) mass is 182 g/mol. The molecular formula is C6H8Cl2O2. The number of halogens is 2. The Morgan fingerprint density at radius 3 is 1.30 bits per heavy atom. The van der Waals surface area contributed by atoms with Crippen LogP contribution in [-0.4, -0.2) is 22.3 Å². The number of hydrogen-bond donors (Lipinski definition) is 0. The summed E-state index contributed by atoms with van der Waals surface area (Å²) < 4.78 is 0. The van der Waals surface area contributed by atoms with E-state index < -0.39 is 22.3 Å². The van der Waals surface area contributed by atoms with E-state index in [0.717, 1.165) is 0 Å². The maximum Gasteiger partial charge on any atom is 0.217 e. The van der Waals surface area contributed by atoms with Crippen molar-refractivity contribution in [2.75, 3.05) is 0 Å². The molecule has 0 heterocycles. The second-order valence-corrected chi connectivity index (χ2v) is 3.27. The quantitative estimate of drug-likeness (QED) is 0.489. The van der Waals surface area contributed by atoms with Crippen LogP contribution in [0.4, 0.5) is 0 Å². The molecule has 0 saturated heterocycles. The van der Waals surface area contributed by atoms with Crippen LogP contribution in [0.25, 0.3) is 0 Å². The molecule has 0 aromatic rings. The van der Waals surface area contributed by atoms with Crippen molar-refractivity contribution in [3.63, 3.8) is 0 Å². The van der Waals surface area contributed by atoms with Crippen LogP contribution in [0.3, 0.4) is 0 Å². The van der Waals surface area contributed by atoms with Gasteiger partial charge in [0.15, 0.2) is 0 Å². The van der Waals surface area contributed by atoms with Crippen molar-refractivity contribution in [1.82, 2.24) is 0 Å². The van der Waals surface area contributed by atoms with Crippen molar-refractivity contribution in [3.8, 4) is 0 Å². The lowest BCUT2D eigenvalue weighted by Gasteiger charge is -2.01. The second kappa shape index (κ2) is 3.94. The van der Waals surface area contributed by atoms with E-state index in [9.17, 15) is 9.59 Å². The smallest absolute Gasteiger partial charge is 0.217 e. The van der Waals surface area contributed by atoms with Crippen molar-refractivity contribution < 1.29 is 9.59 Å². The molecule has 0 fully saturated rings. The van der Waals surface area contributed by atoms with E-state index in [1.165, 1.54) is 13.8 Å². The molecule has 0 aromatic heterocycles. The van der Waals surface area contributed by atoms with Gasteiger partial charge in [0.2, 0.25) is 11.6 Å². The lowest BCUT2D eigenvalue weighted by atomic mass is 10.1. The Morgan fingerprint density at radius 1 is 1.00 bits per heavy atom. The Labute approximate surface area is 69.5 Å². The molecule has 0 N–H and O–H groups in total. The molecule has 0 saturated carbocycles. The number of ketones is 2. The third kappa shape index (κ3) is 2.67. The molecule has 4 heteroatoms. The maximum absolute atomic E-state index is 10.7. The highest BCUT2D eigenvalue weighted by molar-refractivity contribution is 6.55. The zero-order chi connectivity index (χ0) is 8.31. The number of carbonyl (C=O) groups excluding carboxylic acids is 2. The van der Waals surface area contributed by atoms with Gasteiger partial charge in [0.1, 0.15) is 0 Å². The van der Waals surface area contributed by atoms with E-state index in [0.29, 0.717) is 0 Å². The Hall–Kier alpha value is -0.0800. The van der Waals surface area contributed by atoms with Gasteiger partial charge >= 0.3 is 0 Å². The average molecular weight is 183 g/mol. The molecule has 2 unspecified atom stereocenters. The number of rotatable bonds is 3. The van der Waals surface area contributed by atoms with Gasteiger partial charge in [-0.3, -0.25) is 9.59 Å². The molecule has 58 valence electrons. The van der Waals surface area contributed by atoms with E-state index in [2.05, 4.69) is 0 Å². The minimum Gasteiger partial charge on any atom is -0.289 e. The normalized spacial score (nSPS) is 16.0. The summed E-state index contributed by atoms with van der Waals surface area (Å²) in [6.45, 7) is 2.89. The second-order valence-electron chi connectivity index (χ2n) is 1.96. The first kappa shape index (κ1) is 9.92. The van der Waals surface area contributed by atoms with Gasteiger partial charge in [-0.05, 0) is 13.8 Å². The fourth-order valence-corrected chi connectivity index (χ4v) is 0.607. The Bertz CT molecular complexity index is 134. The van der Waals surface area contributed by atoms with Crippen LogP contribution < -0.4 is 0 Å². The first-order chi connectivity index (χ1) is 4.46. The number of carbonyl (C=O) groups is 2. The molecule has 0 rings (SSSR count). The SMILES string of the molecule is CC(Cl)C(=O)C(=O)C(C)Cl. The minimum absolute atomic E-state index is 0.621. The van der Waals surface area contributed by atoms with Crippen LogP contribution in [0.1, 0.15) is 13.8 Å². The van der Waals surface area contributed by atoms with Crippen molar-refractivity contribution in [2.24, 2.45) is 0 Å². The highest BCUT2D eigenvalue weighted by Gasteiger charge is 2.22. The van der Waals surface area contributed by atoms with E-state index in [1.54, 1.807) is 0 Å². The molecule has 0 bridgehead atoms. The van der Waals surface area contributed by atoms with Gasteiger partial charge in [-0.15, -0.1) is 23.2 Å². The first-order valence-electron chi connectivity index (χ1n) is 2.83. The summed E-state index contributed by atoms with van der Waals surface area (Å²) in [6, 6.07) is 0. The number of hydrogen-bond acceptors (Lipinski definition) is 2. The van der Waals surface area contributed by atoms with E-state index >= 15 is 0 Å². The van der Waals surface area contributed by atoms with Gasteiger partial charge in [0.25, 0.3) is 0 Å². The summed E-state index contributed by atoms with van der Waals surface area (Å²) in [5, 5.41) is -1.54. The molecule has 0 aromatic carbocycles. The lowest BCUT2D eigenvalue weighted by molar-refractivity contribution is -0.135. The summed E-state index contributed by atoms with van der Waals surface area (Å²) in [7, 11) is 0. The van der Waals surface area contributed by atoms with Gasteiger partial charge in [-0.1, -0.05) is 0 Å². The molecule has 10 heavy (non-hydrogen) atoms. The first-order valence-corrected chi connectivity index (χ1v) is 3.70. The summed E-state index contributed by atoms with van der Waals surface area (Å²) in [6.07, 6.45) is 0. The highest BCUT2D eigenvalue weighted by Crippen LogP contribution is 2.02. The van der Waals surface area contributed by atoms with Gasteiger partial charge in [0, 0.05) is 0 Å². The van der Waals surface area contributed by atoms with Crippen molar-refractivity contribution in [1.29, 1.82) is 0 Å². The molecule has 0 aliphatic heterocycles. The molecule has 0 radical (unpaired) electrons. The average Bonchev–Trinajstić information content (AvgIpc) is 1.84. The largest absolute Gasteiger partial charge is 0.289 e. The van der Waals surface area contributed by atoms with Crippen molar-refractivity contribution in [3.05, 3.63) is 0 Å². The van der Waals surface area contributed by atoms with Crippen molar-refractivity contribution in [2.45, 2.75) is 24.6 Å². The van der Waals surface area contributed by atoms with E-state index in [1.807, 2.05) is 0 Å². The van der Waals surface area contributed by atoms with Gasteiger partial charge in [-0.2, -0.15) is 0 Å². The van der Waals surface area contributed by atoms with Crippen LogP contribution in [0.15, 0.2) is 0 Å². The van der Waals surface area contributed by atoms with Crippen LogP contribution in [0.2, 0.25) is 0 Å². The van der Waals surface area contributed by atoms with E-state index in [4.69, 9.17) is 23.2 Å². The summed E-state index contributed by atoms with van der Waals surface area (Å²) >= 11 is 10.7. The van der Waals surface area contributed by atoms with Crippen LogP contribution >= 0.6 is 23.2 Å². The van der Waals surface area contributed by atoms with Gasteiger partial charge in [0.05, 0.1) is 10.8 Å². The van der Waals surface area contributed by atoms with Gasteiger partial charge in [-0.25, -0.2) is 0 Å². The van der Waals surface area contributed by atoms with Crippen LogP contribution in [0.5, 0.6) is 0 Å². The van der Waals surface area contributed by atoms with Crippen LogP contribution in [0, 0.1) is 0 Å². The maximum atomic E-state index is 10.7. The Morgan fingerprint density at radius 2 is 1.20 bits per heavy atom. The molecule has 0 amide bonds. The Balaban J connectivity index is 4.10. The van der Waals surface area contributed by atoms with Gasteiger partial charge < -0.3 is 0 Å². The third-order valence-corrected chi connectivity index (χ3v) is 1.36. The van der Waals surface area contributed by atoms with E-state index in [-0.39, 0.29) is 0 Å². The molecule has 2 nitrogen and oxygen atoms in total. The molecule has 0 aliphatic carbocycles. The summed E-state index contributed by atoms with van der Waals surface area (Å²) in [4.78, 5) is 21.4. The molecule has 0 aliphatic rings. The molecule has 2 atom stereocenters. The molecule has 0 spiro atoms. The zero-order valence-corrected chi connectivity index (χ0v) is 7.24. The minimum atomic E-state index is -0.770. The summed E-state index contributed by atoms with van der Waals surface area (Å²) in [5.74, 6) is -1.24. The Kier molecular flexibility index (Phi) is 3.91. The standard InChI is InChI=1S/C6H8Cl2O2/c1-3(7)5(9)6(10)4(2)8/h3-4H,1-2H3. The highest BCUT2D eigenvalue weighted by atomic mass is 35.5. The molecular weight excluding hydrogens is 175 g/mol. The fraction of sp³-hybridized carbons (Fsp3) is 0.667. The zero-order valence-electron chi connectivity index (χ0n) is 5.73. The fourth-order valence-electron chi connectivity index (χ4n) is 0.392. The topological polar surface area (TPSA) is 34.1 Å². The predicted octanol–water partition coefficient (Wildman–Crippen LogP) is 1.38. The number of Topliss-reactive ketones (excluding diaryl/α,β-unsaturated/α-hetero) is 2. The predicted molar refractivity (Wildman–Crippen MR) is 40.6 cm³/mol. The number of alkyl halides is 2.